The lowest BCUT2D eigenvalue weighted by Crippen LogP contribution is -2.43. The number of halogens is 2. The number of anilines is 1. The van der Waals surface area contributed by atoms with Crippen molar-refractivity contribution in [1.29, 1.82) is 0 Å². The topological polar surface area (TPSA) is 123 Å². The van der Waals surface area contributed by atoms with Crippen molar-refractivity contribution in [3.8, 4) is 0 Å². The Hall–Kier alpha value is -3.40. The number of hydrogen-bond donors (Lipinski definition) is 1. The molecule has 1 saturated heterocycles. The van der Waals surface area contributed by atoms with Gasteiger partial charge in [0.05, 0.1) is 11.1 Å². The first-order chi connectivity index (χ1) is 17.1. The van der Waals surface area contributed by atoms with Crippen LogP contribution in [0, 0.1) is 13.8 Å². The van der Waals surface area contributed by atoms with Crippen molar-refractivity contribution in [1.82, 2.24) is 9.55 Å². The molecule has 36 heavy (non-hydrogen) atoms. The highest BCUT2D eigenvalue weighted by molar-refractivity contribution is 6.49. The van der Waals surface area contributed by atoms with Gasteiger partial charge in [-0.05, 0) is 44.2 Å². The summed E-state index contributed by atoms with van der Waals surface area (Å²) in [5, 5.41) is 0. The molecule has 1 aliphatic rings. The molecule has 188 valence electrons. The third-order valence-electron chi connectivity index (χ3n) is 5.64. The van der Waals surface area contributed by atoms with Gasteiger partial charge < -0.3 is 19.9 Å². The smallest absolute Gasteiger partial charge is 0.351 e. The molecule has 0 radical (unpaired) electrons. The first-order valence-corrected chi connectivity index (χ1v) is 11.7. The van der Waals surface area contributed by atoms with E-state index >= 15 is 0 Å². The monoisotopic (exact) mass is 531 g/mol. The molecule has 4 rings (SSSR count). The maximum Gasteiger partial charge on any atom is 0.351 e. The van der Waals surface area contributed by atoms with E-state index in [-0.39, 0.29) is 18.0 Å². The number of aromatic nitrogens is 2. The molecule has 0 amide bonds. The van der Waals surface area contributed by atoms with Gasteiger partial charge in [-0.1, -0.05) is 58.6 Å². The Morgan fingerprint density at radius 1 is 1.00 bits per heavy atom. The highest BCUT2D eigenvalue weighted by Gasteiger charge is 2.59. The van der Waals surface area contributed by atoms with E-state index in [1.807, 2.05) is 13.8 Å². The lowest BCUT2D eigenvalue weighted by molar-refractivity contribution is -0.0582. The molecule has 3 aromatic rings. The molecule has 0 saturated carbocycles. The summed E-state index contributed by atoms with van der Waals surface area (Å²) >= 11 is 13.3. The number of rotatable bonds is 6. The molecule has 2 N–H and O–H groups in total. The summed E-state index contributed by atoms with van der Waals surface area (Å²) in [4.78, 5) is 41.6. The number of ether oxygens (including phenoxy) is 3. The van der Waals surface area contributed by atoms with E-state index in [0.29, 0.717) is 5.56 Å². The van der Waals surface area contributed by atoms with Crippen molar-refractivity contribution in [2.45, 2.75) is 36.6 Å². The summed E-state index contributed by atoms with van der Waals surface area (Å²) in [7, 11) is 0. The normalized spacial score (nSPS) is 20.6. The number of nitrogen functional groups attached to an aromatic ring is 1. The van der Waals surface area contributed by atoms with E-state index in [4.69, 9.17) is 43.1 Å². The average Bonchev–Trinajstić information content (AvgIpc) is 3.08. The average molecular weight is 532 g/mol. The predicted octanol–water partition coefficient (Wildman–Crippen LogP) is 3.60. The van der Waals surface area contributed by atoms with Crippen LogP contribution in [0.5, 0.6) is 0 Å². The Labute approximate surface area is 216 Å². The van der Waals surface area contributed by atoms with E-state index in [2.05, 4.69) is 4.98 Å². The minimum absolute atomic E-state index is 0.00471. The molecule has 3 atom stereocenters. The Morgan fingerprint density at radius 3 is 2.11 bits per heavy atom. The molecule has 1 aromatic heterocycles. The van der Waals surface area contributed by atoms with Crippen LogP contribution < -0.4 is 11.4 Å². The Bertz CT molecular complexity index is 1320. The molecule has 1 fully saturated rings. The second-order valence-electron chi connectivity index (χ2n) is 8.40. The minimum atomic E-state index is -1.94. The molecule has 0 aliphatic carbocycles. The zero-order chi connectivity index (χ0) is 26.0. The highest BCUT2D eigenvalue weighted by Crippen LogP contribution is 2.48. The largest absolute Gasteiger partial charge is 0.459 e. The van der Waals surface area contributed by atoms with Gasteiger partial charge in [-0.3, -0.25) is 4.57 Å². The fourth-order valence-electron chi connectivity index (χ4n) is 3.66. The molecule has 1 aliphatic heterocycles. The Kier molecular flexibility index (Phi) is 7.35. The lowest BCUT2D eigenvalue weighted by atomic mass is 10.1. The zero-order valence-corrected chi connectivity index (χ0v) is 20.9. The van der Waals surface area contributed by atoms with Crippen LogP contribution in [-0.4, -0.2) is 44.6 Å². The van der Waals surface area contributed by atoms with E-state index < -0.39 is 40.4 Å². The number of carbonyl (C=O) groups excluding carboxylic acids is 2. The molecule has 11 heteroatoms. The fourth-order valence-corrected chi connectivity index (χ4v) is 4.34. The lowest BCUT2D eigenvalue weighted by Gasteiger charge is -2.27. The molecule has 2 aromatic carbocycles. The van der Waals surface area contributed by atoms with Gasteiger partial charge in [0.2, 0.25) is 4.33 Å². The number of alkyl halides is 2. The van der Waals surface area contributed by atoms with Crippen LogP contribution in [0.2, 0.25) is 0 Å². The van der Waals surface area contributed by atoms with Gasteiger partial charge in [0.1, 0.15) is 18.5 Å². The number of aryl methyl sites for hydroxylation is 2. The molecule has 3 unspecified atom stereocenters. The molecule has 2 heterocycles. The van der Waals surface area contributed by atoms with Crippen LogP contribution >= 0.6 is 23.2 Å². The minimum Gasteiger partial charge on any atom is -0.459 e. The number of benzene rings is 2. The number of hydrogen-bond acceptors (Lipinski definition) is 8. The third kappa shape index (κ3) is 5.38. The summed E-state index contributed by atoms with van der Waals surface area (Å²) in [6.07, 6.45) is -2.41. The van der Waals surface area contributed by atoms with Gasteiger partial charge in [-0.2, -0.15) is 4.98 Å². The van der Waals surface area contributed by atoms with Gasteiger partial charge >= 0.3 is 17.6 Å². The zero-order valence-electron chi connectivity index (χ0n) is 19.4. The Balaban J connectivity index is 1.60. The van der Waals surface area contributed by atoms with Crippen LogP contribution in [0.15, 0.2) is 65.6 Å². The van der Waals surface area contributed by atoms with Crippen molar-refractivity contribution < 1.29 is 23.8 Å². The second-order valence-corrected chi connectivity index (χ2v) is 9.84. The molecule has 0 bridgehead atoms. The van der Waals surface area contributed by atoms with E-state index in [1.54, 1.807) is 48.5 Å². The summed E-state index contributed by atoms with van der Waals surface area (Å²) in [5.74, 6) is -1.34. The molecular formula is C25H23Cl2N3O6. The van der Waals surface area contributed by atoms with E-state index in [9.17, 15) is 14.4 Å². The van der Waals surface area contributed by atoms with Crippen LogP contribution in [0.4, 0.5) is 5.82 Å². The fraction of sp³-hybridized carbons (Fsp3) is 0.280. The van der Waals surface area contributed by atoms with Gasteiger partial charge in [-0.15, -0.1) is 0 Å². The highest BCUT2D eigenvalue weighted by atomic mass is 35.5. The summed E-state index contributed by atoms with van der Waals surface area (Å²) < 4.78 is 16.1. The number of esters is 2. The summed E-state index contributed by atoms with van der Waals surface area (Å²) in [6, 6.07) is 14.8. The third-order valence-corrected chi connectivity index (χ3v) is 6.44. The van der Waals surface area contributed by atoms with Crippen molar-refractivity contribution >= 4 is 41.0 Å². The summed E-state index contributed by atoms with van der Waals surface area (Å²) in [5.41, 5.74) is 7.32. The van der Waals surface area contributed by atoms with Crippen LogP contribution in [0.3, 0.4) is 0 Å². The predicted molar refractivity (Wildman–Crippen MR) is 133 cm³/mol. The number of nitrogens with two attached hydrogens (primary N) is 1. The maximum atomic E-state index is 12.9. The maximum absolute atomic E-state index is 12.9. The first-order valence-electron chi connectivity index (χ1n) is 11.0. The van der Waals surface area contributed by atoms with Crippen LogP contribution in [0.1, 0.15) is 38.1 Å². The number of carbonyl (C=O) groups is 2. The van der Waals surface area contributed by atoms with Crippen molar-refractivity contribution in [2.24, 2.45) is 0 Å². The SMILES string of the molecule is Cc1ccc(C(=O)OCC2OC(n3ccc(N)nc3=O)C(Cl)(Cl)C2OC(=O)c2ccc(C)cc2)cc1. The molecule has 0 spiro atoms. The quantitative estimate of drug-likeness (QED) is 0.378. The van der Waals surface area contributed by atoms with Crippen molar-refractivity contribution in [2.75, 3.05) is 12.3 Å². The Morgan fingerprint density at radius 2 is 1.56 bits per heavy atom. The molecule has 9 nitrogen and oxygen atoms in total. The van der Waals surface area contributed by atoms with Gasteiger partial charge in [0.15, 0.2) is 12.3 Å². The standard InChI is InChI=1S/C25H23Cl2N3O6/c1-14-3-7-16(8-4-14)21(31)34-13-18-20(36-22(32)17-9-5-15(2)6-10-17)25(26,27)23(35-18)30-12-11-19(28)29-24(30)33/h3-12,18,20,23H,13H2,1-2H3,(H2,28,29,33). The van der Waals surface area contributed by atoms with E-state index in [0.717, 1.165) is 15.7 Å². The molecular weight excluding hydrogens is 509 g/mol. The van der Waals surface area contributed by atoms with Crippen molar-refractivity contribution in [3.63, 3.8) is 0 Å². The van der Waals surface area contributed by atoms with Crippen molar-refractivity contribution in [3.05, 3.63) is 93.5 Å². The number of nitrogens with zero attached hydrogens (tertiary/aromatic N) is 2. The second kappa shape index (κ2) is 10.3. The summed E-state index contributed by atoms with van der Waals surface area (Å²) in [6.45, 7) is 3.42. The van der Waals surface area contributed by atoms with Gasteiger partial charge in [0, 0.05) is 6.20 Å². The van der Waals surface area contributed by atoms with Gasteiger partial charge in [0.25, 0.3) is 0 Å². The van der Waals surface area contributed by atoms with E-state index in [1.165, 1.54) is 12.3 Å². The van der Waals surface area contributed by atoms with Crippen LogP contribution in [0.25, 0.3) is 0 Å². The van der Waals surface area contributed by atoms with Gasteiger partial charge in [-0.25, -0.2) is 14.4 Å². The first kappa shape index (κ1) is 25.7. The van der Waals surface area contributed by atoms with Crippen LogP contribution in [-0.2, 0) is 14.2 Å².